The summed E-state index contributed by atoms with van der Waals surface area (Å²) in [6.45, 7) is 6.14. The van der Waals surface area contributed by atoms with E-state index >= 15 is 0 Å². The number of hydrogen-bond donors (Lipinski definition) is 0. The summed E-state index contributed by atoms with van der Waals surface area (Å²) in [6.07, 6.45) is 5.28. The fraction of sp³-hybridized carbons (Fsp3) is 0.348. The van der Waals surface area contributed by atoms with E-state index in [0.29, 0.717) is 17.7 Å². The van der Waals surface area contributed by atoms with Gasteiger partial charge in [-0.15, -0.1) is 0 Å². The molecule has 0 aliphatic carbocycles. The Balaban J connectivity index is 2.02. The highest BCUT2D eigenvalue weighted by atomic mass is 16.2. The van der Waals surface area contributed by atoms with Gasteiger partial charge in [-0.3, -0.25) is 14.5 Å². The van der Waals surface area contributed by atoms with Crippen molar-refractivity contribution in [1.82, 2.24) is 4.90 Å². The zero-order valence-corrected chi connectivity index (χ0v) is 16.8. The standard InChI is InChI=1S/C23H25N3O2/c1-5-6-13-26-22(27)18(15(2)19(14-24)23(26)28)11-12-20-16(3)17-9-7-8-10-21(17)25(20)4/h7-12,16H,5-6,13H2,1-4H3/b18-11+,20-12-. The van der Waals surface area contributed by atoms with E-state index in [0.717, 1.165) is 24.2 Å². The molecule has 2 aliphatic heterocycles. The largest absolute Gasteiger partial charge is 0.347 e. The van der Waals surface area contributed by atoms with Crippen molar-refractivity contribution < 1.29 is 9.59 Å². The van der Waals surface area contributed by atoms with Gasteiger partial charge in [0, 0.05) is 36.5 Å². The third-order valence-electron chi connectivity index (χ3n) is 5.58. The molecule has 0 aromatic heterocycles. The van der Waals surface area contributed by atoms with Gasteiger partial charge in [-0.25, -0.2) is 0 Å². The summed E-state index contributed by atoms with van der Waals surface area (Å²) in [5.41, 5.74) is 4.39. The highest BCUT2D eigenvalue weighted by Gasteiger charge is 2.35. The summed E-state index contributed by atoms with van der Waals surface area (Å²) in [5.74, 6) is -0.603. The summed E-state index contributed by atoms with van der Waals surface area (Å²) >= 11 is 0. The van der Waals surface area contributed by atoms with Crippen molar-refractivity contribution in [1.29, 1.82) is 5.26 Å². The third kappa shape index (κ3) is 3.16. The van der Waals surface area contributed by atoms with Crippen molar-refractivity contribution in [3.63, 3.8) is 0 Å². The number of likely N-dealkylation sites (N-methyl/N-ethyl adjacent to an activating group) is 1. The number of unbranched alkanes of at least 4 members (excludes halogenated alkanes) is 1. The highest BCUT2D eigenvalue weighted by Crippen LogP contribution is 2.42. The number of nitriles is 1. The van der Waals surface area contributed by atoms with E-state index in [1.807, 2.05) is 38.2 Å². The Hall–Kier alpha value is -3.13. The maximum Gasteiger partial charge on any atom is 0.271 e. The first-order valence-electron chi connectivity index (χ1n) is 9.64. The first kappa shape index (κ1) is 19.6. The van der Waals surface area contributed by atoms with Gasteiger partial charge in [0.05, 0.1) is 0 Å². The molecule has 3 rings (SSSR count). The van der Waals surface area contributed by atoms with Crippen molar-refractivity contribution in [2.75, 3.05) is 18.5 Å². The number of carbonyl (C=O) groups is 2. The third-order valence-corrected chi connectivity index (χ3v) is 5.58. The van der Waals surface area contributed by atoms with Crippen molar-refractivity contribution in [3.05, 3.63) is 64.4 Å². The molecule has 144 valence electrons. The molecule has 1 atom stereocenters. The lowest BCUT2D eigenvalue weighted by atomic mass is 9.94. The quantitative estimate of drug-likeness (QED) is 0.588. The molecule has 0 saturated heterocycles. The predicted octanol–water partition coefficient (Wildman–Crippen LogP) is 4.06. The van der Waals surface area contributed by atoms with Crippen LogP contribution in [-0.2, 0) is 9.59 Å². The summed E-state index contributed by atoms with van der Waals surface area (Å²) < 4.78 is 0. The van der Waals surface area contributed by atoms with Gasteiger partial charge in [0.2, 0.25) is 0 Å². The second kappa shape index (κ2) is 7.85. The van der Waals surface area contributed by atoms with Gasteiger partial charge in [-0.05, 0) is 42.7 Å². The number of hydrogen-bond acceptors (Lipinski definition) is 4. The number of para-hydroxylation sites is 1. The molecule has 0 saturated carbocycles. The zero-order chi connectivity index (χ0) is 20.4. The molecule has 0 bridgehead atoms. The average Bonchev–Trinajstić information content (AvgIpc) is 2.93. The predicted molar refractivity (Wildman–Crippen MR) is 109 cm³/mol. The van der Waals surface area contributed by atoms with E-state index in [-0.39, 0.29) is 17.4 Å². The molecule has 28 heavy (non-hydrogen) atoms. The second-order valence-electron chi connectivity index (χ2n) is 7.24. The topological polar surface area (TPSA) is 64.4 Å². The summed E-state index contributed by atoms with van der Waals surface area (Å²) in [5, 5.41) is 9.44. The number of fused-ring (bicyclic) bond motifs is 1. The lowest BCUT2D eigenvalue weighted by molar-refractivity contribution is -0.140. The first-order valence-corrected chi connectivity index (χ1v) is 9.64. The fourth-order valence-corrected chi connectivity index (χ4v) is 3.85. The van der Waals surface area contributed by atoms with Gasteiger partial charge in [0.1, 0.15) is 11.6 Å². The molecular formula is C23H25N3O2. The van der Waals surface area contributed by atoms with Crippen LogP contribution in [0, 0.1) is 11.3 Å². The number of benzene rings is 1. The molecule has 0 radical (unpaired) electrons. The van der Waals surface area contributed by atoms with Crippen LogP contribution in [0.4, 0.5) is 5.69 Å². The van der Waals surface area contributed by atoms with Gasteiger partial charge in [0.25, 0.3) is 11.8 Å². The molecule has 5 nitrogen and oxygen atoms in total. The van der Waals surface area contributed by atoms with Gasteiger partial charge >= 0.3 is 0 Å². The van der Waals surface area contributed by atoms with Gasteiger partial charge in [-0.2, -0.15) is 5.26 Å². The SMILES string of the molecule is CCCCN1C(=O)C(C#N)=C(C)/C(=C\C=C2\C(C)c3ccccc3N2C)C1=O. The van der Waals surface area contributed by atoms with Crippen LogP contribution >= 0.6 is 0 Å². The van der Waals surface area contributed by atoms with Crippen LogP contribution in [0.5, 0.6) is 0 Å². The molecule has 2 amide bonds. The number of amides is 2. The Kier molecular flexibility index (Phi) is 5.51. The Morgan fingerprint density at radius 1 is 1.18 bits per heavy atom. The monoisotopic (exact) mass is 375 g/mol. The van der Waals surface area contributed by atoms with Crippen molar-refractivity contribution in [2.24, 2.45) is 0 Å². The smallest absolute Gasteiger partial charge is 0.271 e. The van der Waals surface area contributed by atoms with Crippen molar-refractivity contribution in [3.8, 4) is 6.07 Å². The van der Waals surface area contributed by atoms with E-state index in [1.165, 1.54) is 10.5 Å². The minimum atomic E-state index is -0.484. The Bertz CT molecular complexity index is 931. The van der Waals surface area contributed by atoms with E-state index < -0.39 is 5.91 Å². The van der Waals surface area contributed by atoms with E-state index in [9.17, 15) is 14.9 Å². The minimum Gasteiger partial charge on any atom is -0.347 e. The lowest BCUT2D eigenvalue weighted by Crippen LogP contribution is -2.43. The summed E-state index contributed by atoms with van der Waals surface area (Å²) in [6, 6.07) is 10.2. The summed E-state index contributed by atoms with van der Waals surface area (Å²) in [4.78, 5) is 28.8. The van der Waals surface area contributed by atoms with Crippen LogP contribution in [0.25, 0.3) is 0 Å². The molecular weight excluding hydrogens is 350 g/mol. The lowest BCUT2D eigenvalue weighted by Gasteiger charge is -2.27. The maximum absolute atomic E-state index is 13.0. The fourth-order valence-electron chi connectivity index (χ4n) is 3.85. The maximum atomic E-state index is 13.0. The number of carbonyl (C=O) groups excluding carboxylic acids is 2. The normalized spacial score (nSPS) is 22.3. The molecule has 2 aliphatic rings. The highest BCUT2D eigenvalue weighted by molar-refractivity contribution is 6.18. The molecule has 0 N–H and O–H groups in total. The number of imide groups is 1. The minimum absolute atomic E-state index is 0.0523. The molecule has 5 heteroatoms. The van der Waals surface area contributed by atoms with Crippen LogP contribution in [0.2, 0.25) is 0 Å². The van der Waals surface area contributed by atoms with Crippen LogP contribution in [-0.4, -0.2) is 30.3 Å². The summed E-state index contributed by atoms with van der Waals surface area (Å²) in [7, 11) is 2.01. The van der Waals surface area contributed by atoms with Crippen LogP contribution in [0.15, 0.2) is 58.8 Å². The number of anilines is 1. The van der Waals surface area contributed by atoms with Crippen LogP contribution < -0.4 is 4.90 Å². The number of nitrogens with zero attached hydrogens (tertiary/aromatic N) is 3. The Labute approximate surface area is 166 Å². The average molecular weight is 375 g/mol. The van der Waals surface area contributed by atoms with Crippen LogP contribution in [0.1, 0.15) is 45.1 Å². The molecule has 1 unspecified atom stereocenters. The molecule has 2 heterocycles. The number of rotatable bonds is 4. The molecule has 1 aromatic carbocycles. The first-order chi connectivity index (χ1) is 13.4. The molecule has 1 aromatic rings. The van der Waals surface area contributed by atoms with Gasteiger partial charge in [0.15, 0.2) is 0 Å². The molecule has 0 spiro atoms. The Morgan fingerprint density at radius 2 is 1.89 bits per heavy atom. The van der Waals surface area contributed by atoms with Gasteiger partial charge in [-0.1, -0.05) is 38.5 Å². The van der Waals surface area contributed by atoms with E-state index in [2.05, 4.69) is 24.0 Å². The van der Waals surface area contributed by atoms with Gasteiger partial charge < -0.3 is 4.90 Å². The van der Waals surface area contributed by atoms with E-state index in [4.69, 9.17) is 0 Å². The van der Waals surface area contributed by atoms with Crippen molar-refractivity contribution >= 4 is 17.5 Å². The van der Waals surface area contributed by atoms with Crippen molar-refractivity contribution in [2.45, 2.75) is 39.5 Å². The Morgan fingerprint density at radius 3 is 2.54 bits per heavy atom. The number of allylic oxidation sites excluding steroid dienone is 3. The zero-order valence-electron chi connectivity index (χ0n) is 16.8. The van der Waals surface area contributed by atoms with E-state index in [1.54, 1.807) is 13.0 Å². The second-order valence-corrected chi connectivity index (χ2v) is 7.24. The molecule has 0 fully saturated rings. The van der Waals surface area contributed by atoms with Crippen LogP contribution in [0.3, 0.4) is 0 Å².